The van der Waals surface area contributed by atoms with Gasteiger partial charge in [0.05, 0.1) is 17.8 Å². The first-order chi connectivity index (χ1) is 15.9. The normalized spacial score (nSPS) is 19.5. The van der Waals surface area contributed by atoms with Gasteiger partial charge >= 0.3 is 0 Å². The van der Waals surface area contributed by atoms with Gasteiger partial charge in [0.15, 0.2) is 0 Å². The largest absolute Gasteiger partial charge is 0.507 e. The Morgan fingerprint density at radius 2 is 1.94 bits per heavy atom. The molecule has 2 aromatic carbocycles. The third kappa shape index (κ3) is 3.49. The van der Waals surface area contributed by atoms with Crippen LogP contribution in [0.1, 0.15) is 27.6 Å². The van der Waals surface area contributed by atoms with Crippen LogP contribution in [0.3, 0.4) is 0 Å². The van der Waals surface area contributed by atoms with Gasteiger partial charge in [0.2, 0.25) is 0 Å². The topological polar surface area (TPSA) is 70.1 Å². The maximum atomic E-state index is 13.3. The predicted molar refractivity (Wildman–Crippen MR) is 130 cm³/mol. The van der Waals surface area contributed by atoms with Crippen LogP contribution >= 0.6 is 11.3 Å². The lowest BCUT2D eigenvalue weighted by Gasteiger charge is -2.28. The second kappa shape index (κ2) is 8.08. The van der Waals surface area contributed by atoms with E-state index in [0.717, 1.165) is 34.0 Å². The molecule has 1 fully saturated rings. The van der Waals surface area contributed by atoms with Crippen molar-refractivity contribution in [3.05, 3.63) is 81.1 Å². The molecule has 3 aromatic rings. The van der Waals surface area contributed by atoms with Crippen molar-refractivity contribution in [2.75, 3.05) is 30.0 Å². The number of hydrogen-bond donors (Lipinski definition) is 1. The van der Waals surface area contributed by atoms with Gasteiger partial charge in [0.1, 0.15) is 24.2 Å². The van der Waals surface area contributed by atoms with Crippen LogP contribution in [0.5, 0.6) is 5.75 Å². The van der Waals surface area contributed by atoms with Crippen molar-refractivity contribution >= 4 is 40.2 Å². The number of benzene rings is 2. The summed E-state index contributed by atoms with van der Waals surface area (Å²) in [5.41, 5.74) is 4.00. The number of likely N-dealkylation sites (N-methyl/N-ethyl adjacent to an activating group) is 1. The molecule has 33 heavy (non-hydrogen) atoms. The molecular weight excluding hydrogens is 436 g/mol. The molecule has 1 aromatic heterocycles. The number of thiophene rings is 1. The maximum absolute atomic E-state index is 13.3. The van der Waals surface area contributed by atoms with Gasteiger partial charge in [-0.2, -0.15) is 0 Å². The Hall–Kier alpha value is -3.58. The monoisotopic (exact) mass is 460 g/mol. The van der Waals surface area contributed by atoms with Crippen molar-refractivity contribution < 1.29 is 19.4 Å². The third-order valence-electron chi connectivity index (χ3n) is 6.20. The fraction of sp³-hybridized carbons (Fsp3) is 0.231. The number of ketones is 1. The van der Waals surface area contributed by atoms with E-state index in [0.29, 0.717) is 17.9 Å². The maximum Gasteiger partial charge on any atom is 0.300 e. The van der Waals surface area contributed by atoms with Gasteiger partial charge in [-0.25, -0.2) is 0 Å². The number of anilines is 2. The molecule has 0 spiro atoms. The number of rotatable bonds is 3. The van der Waals surface area contributed by atoms with Crippen LogP contribution in [0.25, 0.3) is 5.76 Å². The first kappa shape index (κ1) is 21.3. The minimum Gasteiger partial charge on any atom is -0.507 e. The minimum atomic E-state index is -0.697. The van der Waals surface area contributed by atoms with Crippen molar-refractivity contribution in [2.24, 2.45) is 0 Å². The lowest BCUT2D eigenvalue weighted by atomic mass is 9.97. The lowest BCUT2D eigenvalue weighted by Crippen LogP contribution is -2.29. The van der Waals surface area contributed by atoms with Gasteiger partial charge in [-0.1, -0.05) is 12.1 Å². The number of hydrogen-bond acceptors (Lipinski definition) is 6. The average Bonchev–Trinajstić information content (AvgIpc) is 3.33. The number of nitrogens with zero attached hydrogens (tertiary/aromatic N) is 2. The van der Waals surface area contributed by atoms with Gasteiger partial charge in [-0.05, 0) is 66.8 Å². The molecule has 0 aliphatic carbocycles. The Balaban J connectivity index is 1.71. The summed E-state index contributed by atoms with van der Waals surface area (Å²) in [4.78, 5) is 31.0. The standard InChI is InChI=1S/C26H24N2O4S/c1-15-5-4-6-18(13-15)28-22(25-16(2)9-12-33-25)21(24(30)26(28)31)23(29)17-7-8-20-19(14-17)27(3)10-11-32-20/h4-9,12-14,22,29H,10-11H2,1-3H3/b23-21-. The molecule has 3 heterocycles. The van der Waals surface area contributed by atoms with Crippen LogP contribution in [0.15, 0.2) is 59.5 Å². The van der Waals surface area contributed by atoms with E-state index in [1.165, 1.54) is 16.2 Å². The van der Waals surface area contributed by atoms with E-state index in [-0.39, 0.29) is 11.3 Å². The molecule has 168 valence electrons. The van der Waals surface area contributed by atoms with Crippen LogP contribution in [0, 0.1) is 13.8 Å². The van der Waals surface area contributed by atoms with Gasteiger partial charge in [0, 0.05) is 23.2 Å². The number of aliphatic hydroxyl groups is 1. The van der Waals surface area contributed by atoms with Crippen LogP contribution in [-0.2, 0) is 9.59 Å². The fourth-order valence-electron chi connectivity index (χ4n) is 4.44. The Morgan fingerprint density at radius 1 is 1.12 bits per heavy atom. The quantitative estimate of drug-likeness (QED) is 0.345. The minimum absolute atomic E-state index is 0.103. The third-order valence-corrected chi connectivity index (χ3v) is 7.27. The zero-order valence-corrected chi connectivity index (χ0v) is 19.5. The summed E-state index contributed by atoms with van der Waals surface area (Å²) in [5, 5.41) is 13.3. The molecule has 1 atom stereocenters. The summed E-state index contributed by atoms with van der Waals surface area (Å²) in [6.07, 6.45) is 0. The smallest absolute Gasteiger partial charge is 0.300 e. The van der Waals surface area contributed by atoms with Crippen LogP contribution in [0.2, 0.25) is 0 Å². The van der Waals surface area contributed by atoms with Crippen molar-refractivity contribution in [2.45, 2.75) is 19.9 Å². The highest BCUT2D eigenvalue weighted by atomic mass is 32.1. The van der Waals surface area contributed by atoms with E-state index in [9.17, 15) is 14.7 Å². The van der Waals surface area contributed by atoms with Crippen molar-refractivity contribution in [1.82, 2.24) is 0 Å². The molecule has 2 aliphatic rings. The highest BCUT2D eigenvalue weighted by Crippen LogP contribution is 2.45. The summed E-state index contributed by atoms with van der Waals surface area (Å²) in [6, 6.07) is 14.1. The molecule has 2 aliphatic heterocycles. The summed E-state index contributed by atoms with van der Waals surface area (Å²) < 4.78 is 5.71. The number of ether oxygens (including phenoxy) is 1. The highest BCUT2D eigenvalue weighted by molar-refractivity contribution is 7.10. The molecular formula is C26H24N2O4S. The van der Waals surface area contributed by atoms with Gasteiger partial charge in [-0.15, -0.1) is 11.3 Å². The van der Waals surface area contributed by atoms with Gasteiger partial charge in [0.25, 0.3) is 11.7 Å². The second-order valence-corrected chi connectivity index (χ2v) is 9.38. The van der Waals surface area contributed by atoms with Gasteiger partial charge < -0.3 is 14.7 Å². The summed E-state index contributed by atoms with van der Waals surface area (Å²) in [7, 11) is 1.96. The number of amides is 1. The Kier molecular flexibility index (Phi) is 5.21. The SMILES string of the molecule is Cc1cccc(N2C(=O)C(=O)/C(=C(\O)c3ccc4c(c3)N(C)CCO4)C2c2sccc2C)c1. The Morgan fingerprint density at radius 3 is 2.67 bits per heavy atom. The molecule has 0 bridgehead atoms. The van der Waals surface area contributed by atoms with Crippen LogP contribution in [0.4, 0.5) is 11.4 Å². The Labute approximate surface area is 196 Å². The zero-order valence-electron chi connectivity index (χ0n) is 18.7. The molecule has 1 amide bonds. The fourth-order valence-corrected chi connectivity index (χ4v) is 5.47. The number of aliphatic hydroxyl groups excluding tert-OH is 1. The first-order valence-corrected chi connectivity index (χ1v) is 11.6. The van der Waals surface area contributed by atoms with E-state index < -0.39 is 17.7 Å². The van der Waals surface area contributed by atoms with E-state index in [2.05, 4.69) is 0 Å². The molecule has 6 nitrogen and oxygen atoms in total. The molecule has 0 saturated carbocycles. The predicted octanol–water partition coefficient (Wildman–Crippen LogP) is 4.82. The van der Waals surface area contributed by atoms with E-state index in [1.54, 1.807) is 12.1 Å². The number of aryl methyl sites for hydroxylation is 2. The van der Waals surface area contributed by atoms with E-state index >= 15 is 0 Å². The molecule has 7 heteroatoms. The van der Waals surface area contributed by atoms with E-state index in [4.69, 9.17) is 4.74 Å². The van der Waals surface area contributed by atoms with Crippen molar-refractivity contribution in [3.63, 3.8) is 0 Å². The molecule has 5 rings (SSSR count). The molecule has 0 radical (unpaired) electrons. The lowest BCUT2D eigenvalue weighted by molar-refractivity contribution is -0.132. The number of fused-ring (bicyclic) bond motifs is 1. The van der Waals surface area contributed by atoms with Crippen LogP contribution < -0.4 is 14.5 Å². The molecule has 1 unspecified atom stereocenters. The Bertz CT molecular complexity index is 1310. The first-order valence-electron chi connectivity index (χ1n) is 10.8. The van der Waals surface area contributed by atoms with Crippen molar-refractivity contribution in [3.8, 4) is 5.75 Å². The summed E-state index contributed by atoms with van der Waals surface area (Å²) in [5.74, 6) is -0.776. The average molecular weight is 461 g/mol. The molecule has 1 N–H and O–H groups in total. The van der Waals surface area contributed by atoms with Gasteiger partial charge in [-0.3, -0.25) is 14.5 Å². The summed E-state index contributed by atoms with van der Waals surface area (Å²) >= 11 is 1.47. The van der Waals surface area contributed by atoms with Crippen molar-refractivity contribution in [1.29, 1.82) is 0 Å². The summed E-state index contributed by atoms with van der Waals surface area (Å²) in [6.45, 7) is 5.21. The number of carbonyl (C=O) groups is 2. The number of Topliss-reactive ketones (excluding diaryl/α,β-unsaturated/α-hetero) is 1. The second-order valence-electron chi connectivity index (χ2n) is 8.43. The van der Waals surface area contributed by atoms with Crippen LogP contribution in [-0.4, -0.2) is 37.0 Å². The van der Waals surface area contributed by atoms with E-state index in [1.807, 2.05) is 67.6 Å². The zero-order chi connectivity index (χ0) is 23.3. The number of carbonyl (C=O) groups excluding carboxylic acids is 2. The molecule has 1 saturated heterocycles. The highest BCUT2D eigenvalue weighted by Gasteiger charge is 2.48.